The van der Waals surface area contributed by atoms with E-state index in [4.69, 9.17) is 10.5 Å². The fourth-order valence-electron chi connectivity index (χ4n) is 4.18. The van der Waals surface area contributed by atoms with Crippen molar-refractivity contribution in [2.24, 2.45) is 0 Å². The average molecular weight is 457 g/mol. The third-order valence-corrected chi connectivity index (χ3v) is 5.94. The number of amides is 1. The Hall–Kier alpha value is -4.46. The van der Waals surface area contributed by atoms with Gasteiger partial charge in [-0.05, 0) is 31.4 Å². The minimum absolute atomic E-state index is 0.0657. The molecule has 1 aliphatic heterocycles. The number of hydrogen-bond acceptors (Lipinski definition) is 10. The van der Waals surface area contributed by atoms with Crippen molar-refractivity contribution < 1.29 is 9.53 Å². The van der Waals surface area contributed by atoms with Crippen LogP contribution in [0.1, 0.15) is 35.7 Å². The lowest BCUT2D eigenvalue weighted by atomic mass is 9.95. The summed E-state index contributed by atoms with van der Waals surface area (Å²) in [5, 5.41) is 16.2. The van der Waals surface area contributed by atoms with Gasteiger partial charge in [-0.3, -0.25) is 4.79 Å². The molecule has 1 aromatic carbocycles. The van der Waals surface area contributed by atoms with Crippen molar-refractivity contribution in [3.05, 3.63) is 47.9 Å². The van der Waals surface area contributed by atoms with Gasteiger partial charge in [-0.15, -0.1) is 0 Å². The van der Waals surface area contributed by atoms with Gasteiger partial charge in [-0.2, -0.15) is 10.2 Å². The lowest BCUT2D eigenvalue weighted by Crippen LogP contribution is -2.57. The van der Waals surface area contributed by atoms with Crippen LogP contribution in [0.3, 0.4) is 0 Å². The molecular weight excluding hydrogens is 434 g/mol. The van der Waals surface area contributed by atoms with Gasteiger partial charge >= 0.3 is 6.01 Å². The molecule has 11 heteroatoms. The Kier molecular flexibility index (Phi) is 5.33. The first-order valence-corrected chi connectivity index (χ1v) is 10.9. The molecule has 34 heavy (non-hydrogen) atoms. The number of nitriles is 1. The van der Waals surface area contributed by atoms with Crippen LogP contribution in [0.15, 0.2) is 36.8 Å². The Morgan fingerprint density at radius 3 is 2.71 bits per heavy atom. The second kappa shape index (κ2) is 8.47. The molecule has 5 rings (SSSR count). The molecule has 3 aromatic rings. The monoisotopic (exact) mass is 457 g/mol. The third kappa shape index (κ3) is 3.79. The first-order chi connectivity index (χ1) is 16.5. The van der Waals surface area contributed by atoms with Crippen molar-refractivity contribution in [2.45, 2.75) is 38.0 Å². The van der Waals surface area contributed by atoms with Crippen LogP contribution >= 0.6 is 0 Å². The van der Waals surface area contributed by atoms with Gasteiger partial charge in [0, 0.05) is 29.7 Å². The van der Waals surface area contributed by atoms with Crippen LogP contribution in [0.25, 0.3) is 11.1 Å². The number of anilines is 3. The van der Waals surface area contributed by atoms with E-state index in [1.165, 1.54) is 13.3 Å². The van der Waals surface area contributed by atoms with Gasteiger partial charge in [0.25, 0.3) is 5.91 Å². The van der Waals surface area contributed by atoms with Crippen LogP contribution in [-0.2, 0) is 0 Å². The van der Waals surface area contributed by atoms with Crippen LogP contribution in [0.5, 0.6) is 6.01 Å². The topological polar surface area (TPSA) is 155 Å². The number of carbonyl (C=O) groups is 1. The van der Waals surface area contributed by atoms with Gasteiger partial charge in [0.2, 0.25) is 5.95 Å². The number of hydrogen-bond donors (Lipinski definition) is 3. The average Bonchev–Trinajstić information content (AvgIpc) is 3.69. The van der Waals surface area contributed by atoms with E-state index in [1.54, 1.807) is 12.4 Å². The van der Waals surface area contributed by atoms with Crippen molar-refractivity contribution in [2.75, 3.05) is 23.5 Å². The van der Waals surface area contributed by atoms with Crippen LogP contribution in [0.2, 0.25) is 0 Å². The molecule has 3 heterocycles. The van der Waals surface area contributed by atoms with Crippen molar-refractivity contribution in [1.82, 2.24) is 24.8 Å². The van der Waals surface area contributed by atoms with Crippen molar-refractivity contribution >= 4 is 23.4 Å². The first kappa shape index (κ1) is 21.4. The molecule has 1 saturated carbocycles. The maximum atomic E-state index is 13.9. The number of nitrogens with one attached hydrogen (secondary N) is 2. The number of fused-ring (bicyclic) bond motifs is 1. The Labute approximate surface area is 196 Å². The highest BCUT2D eigenvalue weighted by molar-refractivity contribution is 6.07. The van der Waals surface area contributed by atoms with E-state index in [9.17, 15) is 10.1 Å². The van der Waals surface area contributed by atoms with E-state index in [0.717, 1.165) is 29.7 Å². The Balaban J connectivity index is 1.50. The maximum Gasteiger partial charge on any atom is 0.316 e. The second-order valence-corrected chi connectivity index (χ2v) is 8.25. The predicted molar refractivity (Wildman–Crippen MR) is 125 cm³/mol. The summed E-state index contributed by atoms with van der Waals surface area (Å²) in [6.45, 7) is 1.94. The van der Waals surface area contributed by atoms with Crippen molar-refractivity contribution in [3.63, 3.8) is 0 Å². The number of methoxy groups -OCH3 is 1. The fraction of sp³-hybridized carbons (Fsp3) is 0.304. The molecule has 1 unspecified atom stereocenters. The Bertz CT molecular complexity index is 1280. The highest BCUT2D eigenvalue weighted by Gasteiger charge is 2.44. The summed E-state index contributed by atoms with van der Waals surface area (Å²) in [5.74, 6) is 0.337. The predicted octanol–water partition coefficient (Wildman–Crippen LogP) is 2.25. The number of benzene rings is 1. The molecule has 2 atom stereocenters. The number of nitrogen functional groups attached to an aromatic ring is 1. The largest absolute Gasteiger partial charge is 0.467 e. The van der Waals surface area contributed by atoms with Crippen LogP contribution < -0.4 is 21.1 Å². The molecule has 172 valence electrons. The Morgan fingerprint density at radius 1 is 1.26 bits per heavy atom. The van der Waals surface area contributed by atoms with E-state index in [2.05, 4.69) is 36.6 Å². The molecule has 0 bridgehead atoms. The molecule has 0 spiro atoms. The molecule has 0 radical (unpaired) electrons. The lowest BCUT2D eigenvalue weighted by molar-refractivity contribution is 0.0654. The van der Waals surface area contributed by atoms with Crippen LogP contribution in [-0.4, -0.2) is 56.1 Å². The summed E-state index contributed by atoms with van der Waals surface area (Å²) in [5.41, 5.74) is 8.78. The van der Waals surface area contributed by atoms with E-state index < -0.39 is 0 Å². The van der Waals surface area contributed by atoms with Gasteiger partial charge in [0.1, 0.15) is 23.6 Å². The van der Waals surface area contributed by atoms with Crippen molar-refractivity contribution in [3.8, 4) is 23.2 Å². The number of aromatic nitrogens is 4. The molecule has 1 fully saturated rings. The van der Waals surface area contributed by atoms with Crippen LogP contribution in [0, 0.1) is 11.3 Å². The van der Waals surface area contributed by atoms with E-state index in [0.29, 0.717) is 11.4 Å². The summed E-state index contributed by atoms with van der Waals surface area (Å²) in [7, 11) is 1.51. The minimum atomic E-state index is -0.363. The molecule has 2 aromatic heterocycles. The quantitative estimate of drug-likeness (QED) is 0.502. The number of ether oxygens (including phenoxy) is 1. The standard InChI is InChI=1S/C23H23N9O2/c1-12(29-19-13(8-24)9-26-22(25)31-19)20-30-17-5-3-4-16(14-10-27-23(34-2)28-11-14)18(17)21(33)32(20)15-6-7-15/h3-5,9-12,15,20,30H,6-7H2,1-2H3,(H3,25,26,29,31)/t12-,20?/m1/s1. The molecule has 1 aliphatic carbocycles. The first-order valence-electron chi connectivity index (χ1n) is 10.9. The fourth-order valence-corrected chi connectivity index (χ4v) is 4.18. The number of rotatable bonds is 6. The molecule has 2 aliphatic rings. The van der Waals surface area contributed by atoms with Gasteiger partial charge in [0.15, 0.2) is 0 Å². The van der Waals surface area contributed by atoms with Crippen molar-refractivity contribution in [1.29, 1.82) is 5.26 Å². The van der Waals surface area contributed by atoms with E-state index in [1.807, 2.05) is 30.0 Å². The SMILES string of the molecule is COc1ncc(-c2cccc3c2C(=O)N(C2CC2)C([C@@H](C)Nc2nc(N)ncc2C#N)N3)cn1. The third-order valence-electron chi connectivity index (χ3n) is 5.94. The molecule has 4 N–H and O–H groups in total. The van der Waals surface area contributed by atoms with E-state index >= 15 is 0 Å². The van der Waals surface area contributed by atoms with Gasteiger partial charge in [-0.1, -0.05) is 12.1 Å². The number of carbonyl (C=O) groups excluding carboxylic acids is 1. The van der Waals surface area contributed by atoms with Crippen LogP contribution in [0.4, 0.5) is 17.5 Å². The molecular formula is C23H23N9O2. The summed E-state index contributed by atoms with van der Waals surface area (Å²) in [4.78, 5) is 32.2. The Morgan fingerprint density at radius 2 is 2.03 bits per heavy atom. The normalized spacial score (nSPS) is 17.9. The highest BCUT2D eigenvalue weighted by atomic mass is 16.5. The maximum absolute atomic E-state index is 13.9. The molecule has 11 nitrogen and oxygen atoms in total. The summed E-state index contributed by atoms with van der Waals surface area (Å²) >= 11 is 0. The lowest BCUT2D eigenvalue weighted by Gasteiger charge is -2.42. The smallest absolute Gasteiger partial charge is 0.316 e. The van der Waals surface area contributed by atoms with Gasteiger partial charge in [0.05, 0.1) is 24.9 Å². The summed E-state index contributed by atoms with van der Waals surface area (Å²) < 4.78 is 5.06. The minimum Gasteiger partial charge on any atom is -0.467 e. The van der Waals surface area contributed by atoms with Gasteiger partial charge < -0.3 is 26.0 Å². The number of nitrogens with two attached hydrogens (primary N) is 1. The summed E-state index contributed by atoms with van der Waals surface area (Å²) in [6.07, 6.45) is 6.18. The zero-order valence-corrected chi connectivity index (χ0v) is 18.7. The zero-order chi connectivity index (χ0) is 23.8. The van der Waals surface area contributed by atoms with Gasteiger partial charge in [-0.25, -0.2) is 15.0 Å². The highest BCUT2D eigenvalue weighted by Crippen LogP contribution is 2.40. The van der Waals surface area contributed by atoms with E-state index in [-0.39, 0.29) is 41.7 Å². The zero-order valence-electron chi connectivity index (χ0n) is 18.7. The summed E-state index contributed by atoms with van der Waals surface area (Å²) in [6, 6.07) is 7.84. The number of nitrogens with zero attached hydrogens (tertiary/aromatic N) is 6. The molecule has 1 amide bonds. The molecule has 0 saturated heterocycles. The second-order valence-electron chi connectivity index (χ2n) is 8.25.